The van der Waals surface area contributed by atoms with Crippen LogP contribution in [0.5, 0.6) is 0 Å². The summed E-state index contributed by atoms with van der Waals surface area (Å²) in [5, 5.41) is 13.7. The van der Waals surface area contributed by atoms with Crippen molar-refractivity contribution in [2.45, 2.75) is 32.4 Å². The van der Waals surface area contributed by atoms with Crippen LogP contribution in [0.4, 0.5) is 5.69 Å². The zero-order valence-corrected chi connectivity index (χ0v) is 19.2. The van der Waals surface area contributed by atoms with E-state index in [4.69, 9.17) is 0 Å². The number of hydrogen-bond donors (Lipinski definition) is 3. The highest BCUT2D eigenvalue weighted by Crippen LogP contribution is 2.32. The quantitative estimate of drug-likeness (QED) is 0.597. The molecule has 3 N–H and O–H groups in total. The number of anilines is 1. The number of aromatic nitrogens is 1. The Morgan fingerprint density at radius 3 is 2.50 bits per heavy atom. The molecule has 2 fully saturated rings. The van der Waals surface area contributed by atoms with Gasteiger partial charge >= 0.3 is 5.97 Å². The third-order valence-corrected chi connectivity index (χ3v) is 8.22. The Morgan fingerprint density at radius 1 is 1.19 bits per heavy atom. The predicted octanol–water partition coefficient (Wildman–Crippen LogP) is 1.69. The number of nitrogens with zero attached hydrogens (tertiary/aromatic N) is 2. The molecule has 32 heavy (non-hydrogen) atoms. The maximum Gasteiger partial charge on any atom is 0.325 e. The SMILES string of the molecule is CC(C)C(=O)Nc1ccc2[nH]cc([C@@H](C(=O)O)N3CCN([C@@H]4CCS(=O)(=O)C4)CC3)c2c1. The number of H-pyrrole nitrogens is 1. The summed E-state index contributed by atoms with van der Waals surface area (Å²) in [5.74, 6) is -0.751. The fraction of sp³-hybridized carbons (Fsp3) is 0.545. The molecule has 10 heteroatoms. The Balaban J connectivity index is 1.53. The second-order valence-electron chi connectivity index (χ2n) is 9.02. The zero-order chi connectivity index (χ0) is 23.0. The molecular formula is C22H30N4O5S. The average Bonchev–Trinajstić information content (AvgIpc) is 3.31. The molecule has 3 heterocycles. The number of carboxylic acid groups (broad SMARTS) is 1. The third-order valence-electron chi connectivity index (χ3n) is 6.47. The van der Waals surface area contributed by atoms with Gasteiger partial charge in [-0.3, -0.25) is 19.4 Å². The molecule has 174 valence electrons. The maximum atomic E-state index is 12.3. The molecule has 1 aromatic carbocycles. The van der Waals surface area contributed by atoms with Crippen molar-refractivity contribution < 1.29 is 23.1 Å². The van der Waals surface area contributed by atoms with Crippen LogP contribution in [0, 0.1) is 5.92 Å². The normalized spacial score (nSPS) is 22.9. The minimum Gasteiger partial charge on any atom is -0.480 e. The summed E-state index contributed by atoms with van der Waals surface area (Å²) in [5.41, 5.74) is 2.10. The monoisotopic (exact) mass is 462 g/mol. The Kier molecular flexibility index (Phi) is 6.28. The van der Waals surface area contributed by atoms with Gasteiger partial charge in [0.05, 0.1) is 11.5 Å². The number of carbonyl (C=O) groups excluding carboxylic acids is 1. The van der Waals surface area contributed by atoms with E-state index in [1.54, 1.807) is 12.3 Å². The van der Waals surface area contributed by atoms with Crippen molar-refractivity contribution in [3.05, 3.63) is 30.0 Å². The second-order valence-corrected chi connectivity index (χ2v) is 11.2. The van der Waals surface area contributed by atoms with Crippen LogP contribution < -0.4 is 5.32 Å². The van der Waals surface area contributed by atoms with E-state index in [1.807, 2.05) is 30.9 Å². The molecule has 2 aromatic rings. The number of carbonyl (C=O) groups is 2. The van der Waals surface area contributed by atoms with Gasteiger partial charge in [0.1, 0.15) is 6.04 Å². The lowest BCUT2D eigenvalue weighted by Crippen LogP contribution is -2.52. The summed E-state index contributed by atoms with van der Waals surface area (Å²) in [6.45, 7) is 6.01. The van der Waals surface area contributed by atoms with Crippen molar-refractivity contribution in [2.75, 3.05) is 43.0 Å². The minimum atomic E-state index is -2.95. The van der Waals surface area contributed by atoms with Gasteiger partial charge in [-0.05, 0) is 24.6 Å². The van der Waals surface area contributed by atoms with Crippen molar-refractivity contribution in [3.8, 4) is 0 Å². The highest BCUT2D eigenvalue weighted by molar-refractivity contribution is 7.91. The van der Waals surface area contributed by atoms with Crippen LogP contribution in [-0.2, 0) is 19.4 Å². The van der Waals surface area contributed by atoms with Gasteiger partial charge in [-0.25, -0.2) is 8.42 Å². The summed E-state index contributed by atoms with van der Waals surface area (Å²) < 4.78 is 23.6. The predicted molar refractivity (Wildman–Crippen MR) is 122 cm³/mol. The van der Waals surface area contributed by atoms with Gasteiger partial charge in [-0.2, -0.15) is 0 Å². The van der Waals surface area contributed by atoms with Crippen molar-refractivity contribution in [2.24, 2.45) is 5.92 Å². The van der Waals surface area contributed by atoms with Gasteiger partial charge < -0.3 is 15.4 Å². The van der Waals surface area contributed by atoms with Gasteiger partial charge in [-0.1, -0.05) is 13.8 Å². The van der Waals surface area contributed by atoms with Crippen molar-refractivity contribution >= 4 is 38.3 Å². The molecule has 0 aliphatic carbocycles. The van der Waals surface area contributed by atoms with Crippen LogP contribution in [0.15, 0.2) is 24.4 Å². The van der Waals surface area contributed by atoms with Gasteiger partial charge in [-0.15, -0.1) is 0 Å². The zero-order valence-electron chi connectivity index (χ0n) is 18.4. The van der Waals surface area contributed by atoms with E-state index >= 15 is 0 Å². The lowest BCUT2D eigenvalue weighted by Gasteiger charge is -2.40. The first kappa shape index (κ1) is 22.8. The number of fused-ring (bicyclic) bond motifs is 1. The summed E-state index contributed by atoms with van der Waals surface area (Å²) in [6, 6.07) is 4.66. The second kappa shape index (κ2) is 8.84. The Labute approximate surface area is 187 Å². The lowest BCUT2D eigenvalue weighted by molar-refractivity contribution is -0.144. The first-order chi connectivity index (χ1) is 15.1. The fourth-order valence-corrected chi connectivity index (χ4v) is 6.40. The summed E-state index contributed by atoms with van der Waals surface area (Å²) >= 11 is 0. The first-order valence-corrected chi connectivity index (χ1v) is 12.8. The molecule has 0 unspecified atom stereocenters. The van der Waals surface area contributed by atoms with Crippen LogP contribution in [0.25, 0.3) is 10.9 Å². The molecule has 1 aromatic heterocycles. The number of hydrogen-bond acceptors (Lipinski definition) is 6. The Bertz CT molecular complexity index is 1120. The molecule has 2 saturated heterocycles. The fourth-order valence-electron chi connectivity index (χ4n) is 4.64. The molecule has 1 amide bonds. The number of rotatable bonds is 6. The van der Waals surface area contributed by atoms with Gasteiger partial charge in [0.25, 0.3) is 0 Å². The van der Waals surface area contributed by atoms with Crippen LogP contribution in [0.3, 0.4) is 0 Å². The van der Waals surface area contributed by atoms with Crippen molar-refractivity contribution in [1.82, 2.24) is 14.8 Å². The van der Waals surface area contributed by atoms with E-state index in [9.17, 15) is 23.1 Å². The summed E-state index contributed by atoms with van der Waals surface area (Å²) in [7, 11) is -2.95. The molecule has 9 nitrogen and oxygen atoms in total. The standard InChI is InChI=1S/C22H30N4O5S/c1-14(2)21(27)24-15-3-4-19-17(11-15)18(12-23-19)20(22(28)29)26-8-6-25(7-9-26)16-5-10-32(30,31)13-16/h3-4,11-12,14,16,20,23H,5-10,13H2,1-2H3,(H,24,27)(H,28,29)/t16-,20+/m1/s1. The minimum absolute atomic E-state index is 0.0330. The van der Waals surface area contributed by atoms with Crippen LogP contribution in [0.1, 0.15) is 31.9 Å². The molecule has 4 rings (SSSR count). The van der Waals surface area contributed by atoms with Gasteiger partial charge in [0.15, 0.2) is 9.84 Å². The number of benzene rings is 1. The van der Waals surface area contributed by atoms with Crippen molar-refractivity contribution in [3.63, 3.8) is 0 Å². The number of sulfone groups is 1. The molecule has 2 atom stereocenters. The van der Waals surface area contributed by atoms with E-state index in [0.29, 0.717) is 43.9 Å². The number of aliphatic carboxylic acids is 1. The Hall–Kier alpha value is -2.43. The molecule has 0 saturated carbocycles. The average molecular weight is 463 g/mol. The number of amides is 1. The van der Waals surface area contributed by atoms with E-state index in [0.717, 1.165) is 10.9 Å². The van der Waals surface area contributed by atoms with Crippen LogP contribution in [0.2, 0.25) is 0 Å². The number of piperazine rings is 1. The lowest BCUT2D eigenvalue weighted by atomic mass is 10.0. The summed E-state index contributed by atoms with van der Waals surface area (Å²) in [4.78, 5) is 31.6. The van der Waals surface area contributed by atoms with Gasteiger partial charge in [0, 0.05) is 66.5 Å². The van der Waals surface area contributed by atoms with E-state index < -0.39 is 21.8 Å². The topological polar surface area (TPSA) is 123 Å². The first-order valence-electron chi connectivity index (χ1n) is 11.0. The van der Waals surface area contributed by atoms with Gasteiger partial charge in [0.2, 0.25) is 5.91 Å². The maximum absolute atomic E-state index is 12.3. The van der Waals surface area contributed by atoms with E-state index in [-0.39, 0.29) is 29.4 Å². The molecule has 2 aliphatic heterocycles. The molecule has 0 radical (unpaired) electrons. The smallest absolute Gasteiger partial charge is 0.325 e. The summed E-state index contributed by atoms with van der Waals surface area (Å²) in [6.07, 6.45) is 2.38. The number of carboxylic acids is 1. The van der Waals surface area contributed by atoms with Crippen LogP contribution >= 0.6 is 0 Å². The van der Waals surface area contributed by atoms with Crippen LogP contribution in [-0.4, -0.2) is 83.9 Å². The molecule has 2 aliphatic rings. The highest BCUT2D eigenvalue weighted by Gasteiger charge is 2.37. The largest absolute Gasteiger partial charge is 0.480 e. The molecule has 0 bridgehead atoms. The molecular weight excluding hydrogens is 432 g/mol. The Morgan fingerprint density at radius 2 is 1.91 bits per heavy atom. The van der Waals surface area contributed by atoms with Crippen molar-refractivity contribution in [1.29, 1.82) is 0 Å². The third kappa shape index (κ3) is 4.67. The molecule has 0 spiro atoms. The number of aromatic amines is 1. The number of nitrogens with one attached hydrogen (secondary N) is 2. The highest BCUT2D eigenvalue weighted by atomic mass is 32.2. The van der Waals surface area contributed by atoms with E-state index in [2.05, 4.69) is 15.2 Å². The van der Waals surface area contributed by atoms with E-state index in [1.165, 1.54) is 0 Å².